The Balaban J connectivity index is 2.44. The van der Waals surface area contributed by atoms with Crippen LogP contribution in [0.5, 0.6) is 0 Å². The second kappa shape index (κ2) is 6.10. The van der Waals surface area contributed by atoms with Crippen LogP contribution in [0.4, 0.5) is 5.82 Å². The SMILES string of the molecule is CNC(c1c(C)ccnc1N)C1(OC)CCCC(C)C1. The number of likely N-dealkylation sites (N-methyl/N-ethyl adjacent to an activating group) is 1. The lowest BCUT2D eigenvalue weighted by molar-refractivity contribution is -0.0790. The molecule has 1 aromatic rings. The smallest absolute Gasteiger partial charge is 0.128 e. The highest BCUT2D eigenvalue weighted by Crippen LogP contribution is 2.44. The lowest BCUT2D eigenvalue weighted by atomic mass is 9.72. The van der Waals surface area contributed by atoms with Crippen molar-refractivity contribution in [2.75, 3.05) is 19.9 Å². The third-order valence-corrected chi connectivity index (χ3v) is 4.74. The van der Waals surface area contributed by atoms with Crippen molar-refractivity contribution in [1.82, 2.24) is 10.3 Å². The number of methoxy groups -OCH3 is 1. The van der Waals surface area contributed by atoms with Crippen LogP contribution in [-0.4, -0.2) is 24.7 Å². The van der Waals surface area contributed by atoms with Gasteiger partial charge in [-0.05, 0) is 44.4 Å². The maximum absolute atomic E-state index is 6.15. The molecule has 0 saturated heterocycles. The van der Waals surface area contributed by atoms with E-state index in [0.717, 1.165) is 18.4 Å². The van der Waals surface area contributed by atoms with E-state index in [2.05, 4.69) is 24.1 Å². The van der Waals surface area contributed by atoms with Gasteiger partial charge in [0.1, 0.15) is 5.82 Å². The van der Waals surface area contributed by atoms with Gasteiger partial charge in [0.05, 0.1) is 11.6 Å². The molecule has 20 heavy (non-hydrogen) atoms. The maximum atomic E-state index is 6.15. The molecule has 1 saturated carbocycles. The van der Waals surface area contributed by atoms with Gasteiger partial charge in [-0.15, -0.1) is 0 Å². The molecule has 1 fully saturated rings. The molecule has 0 spiro atoms. The molecule has 0 aliphatic heterocycles. The number of aryl methyl sites for hydroxylation is 1. The van der Waals surface area contributed by atoms with Gasteiger partial charge in [0.15, 0.2) is 0 Å². The average Bonchev–Trinajstić information content (AvgIpc) is 2.43. The molecule has 3 unspecified atom stereocenters. The Morgan fingerprint density at radius 1 is 1.55 bits per heavy atom. The maximum Gasteiger partial charge on any atom is 0.128 e. The van der Waals surface area contributed by atoms with Crippen LogP contribution in [0.3, 0.4) is 0 Å². The predicted molar refractivity (Wildman–Crippen MR) is 82.6 cm³/mol. The number of ether oxygens (including phenoxy) is 1. The third kappa shape index (κ3) is 2.67. The van der Waals surface area contributed by atoms with Crippen LogP contribution in [0.2, 0.25) is 0 Å². The first-order valence-corrected chi connectivity index (χ1v) is 7.47. The van der Waals surface area contributed by atoms with Gasteiger partial charge in [0.25, 0.3) is 0 Å². The minimum Gasteiger partial charge on any atom is -0.383 e. The highest BCUT2D eigenvalue weighted by molar-refractivity contribution is 5.47. The highest BCUT2D eigenvalue weighted by Gasteiger charge is 2.43. The van der Waals surface area contributed by atoms with Gasteiger partial charge in [-0.25, -0.2) is 4.98 Å². The van der Waals surface area contributed by atoms with Gasteiger partial charge in [-0.1, -0.05) is 19.8 Å². The first-order chi connectivity index (χ1) is 9.54. The molecule has 1 aliphatic carbocycles. The Kier molecular flexibility index (Phi) is 4.66. The van der Waals surface area contributed by atoms with Crippen LogP contribution < -0.4 is 11.1 Å². The number of aromatic nitrogens is 1. The molecule has 3 N–H and O–H groups in total. The Hall–Kier alpha value is -1.13. The summed E-state index contributed by atoms with van der Waals surface area (Å²) in [5, 5.41) is 3.44. The van der Waals surface area contributed by atoms with Gasteiger partial charge in [-0.2, -0.15) is 0 Å². The number of anilines is 1. The molecule has 0 amide bonds. The van der Waals surface area contributed by atoms with Crippen LogP contribution in [0.15, 0.2) is 12.3 Å². The van der Waals surface area contributed by atoms with Crippen molar-refractivity contribution in [2.24, 2.45) is 5.92 Å². The first-order valence-electron chi connectivity index (χ1n) is 7.47. The minimum absolute atomic E-state index is 0.0870. The van der Waals surface area contributed by atoms with Gasteiger partial charge in [0, 0.05) is 18.9 Å². The summed E-state index contributed by atoms with van der Waals surface area (Å²) in [4.78, 5) is 4.27. The summed E-state index contributed by atoms with van der Waals surface area (Å²) in [6.45, 7) is 4.40. The zero-order valence-corrected chi connectivity index (χ0v) is 13.1. The molecule has 4 heteroatoms. The summed E-state index contributed by atoms with van der Waals surface area (Å²) < 4.78 is 6.02. The summed E-state index contributed by atoms with van der Waals surface area (Å²) in [5.41, 5.74) is 8.22. The van der Waals surface area contributed by atoms with Crippen molar-refractivity contribution >= 4 is 5.82 Å². The zero-order valence-electron chi connectivity index (χ0n) is 13.1. The molecule has 4 nitrogen and oxygen atoms in total. The van der Waals surface area contributed by atoms with Gasteiger partial charge < -0.3 is 15.8 Å². The summed E-state index contributed by atoms with van der Waals surface area (Å²) in [6.07, 6.45) is 6.37. The van der Waals surface area contributed by atoms with Gasteiger partial charge in [0.2, 0.25) is 0 Å². The first kappa shape index (κ1) is 15.3. The van der Waals surface area contributed by atoms with E-state index in [-0.39, 0.29) is 11.6 Å². The van der Waals surface area contributed by atoms with Gasteiger partial charge in [-0.3, -0.25) is 0 Å². The molecule has 3 atom stereocenters. The van der Waals surface area contributed by atoms with E-state index < -0.39 is 0 Å². The summed E-state index contributed by atoms with van der Waals surface area (Å²) in [7, 11) is 3.81. The standard InChI is InChI=1S/C16H27N3O/c1-11-6-5-8-16(10-11,20-4)14(18-3)13-12(2)7-9-19-15(13)17/h7,9,11,14,18H,5-6,8,10H2,1-4H3,(H2,17,19). The lowest BCUT2D eigenvalue weighted by Gasteiger charge is -2.45. The number of nitrogen functional groups attached to an aromatic ring is 1. The molecule has 1 heterocycles. The predicted octanol–water partition coefficient (Wildman–Crippen LogP) is 2.83. The fourth-order valence-electron chi connectivity index (χ4n) is 3.75. The number of hydrogen-bond acceptors (Lipinski definition) is 4. The van der Waals surface area contributed by atoms with Crippen molar-refractivity contribution in [3.63, 3.8) is 0 Å². The molecule has 0 bridgehead atoms. The lowest BCUT2D eigenvalue weighted by Crippen LogP contribution is -2.48. The molecule has 0 radical (unpaired) electrons. The van der Waals surface area contributed by atoms with E-state index in [9.17, 15) is 0 Å². The van der Waals surface area contributed by atoms with Gasteiger partial charge >= 0.3 is 0 Å². The van der Waals surface area contributed by atoms with Crippen molar-refractivity contribution in [2.45, 2.75) is 51.2 Å². The third-order valence-electron chi connectivity index (χ3n) is 4.74. The molecule has 1 aromatic heterocycles. The molecule has 1 aliphatic rings. The summed E-state index contributed by atoms with van der Waals surface area (Å²) >= 11 is 0. The number of nitrogens with two attached hydrogens (primary N) is 1. The minimum atomic E-state index is -0.186. The Bertz CT molecular complexity index is 443. The number of pyridine rings is 1. The van der Waals surface area contributed by atoms with Crippen LogP contribution in [0.25, 0.3) is 0 Å². The fraction of sp³-hybridized carbons (Fsp3) is 0.688. The Morgan fingerprint density at radius 2 is 2.30 bits per heavy atom. The summed E-state index contributed by atoms with van der Waals surface area (Å²) in [6, 6.07) is 2.11. The normalized spacial score (nSPS) is 28.3. The Morgan fingerprint density at radius 3 is 2.85 bits per heavy atom. The number of nitrogens with one attached hydrogen (secondary N) is 1. The summed E-state index contributed by atoms with van der Waals surface area (Å²) in [5.74, 6) is 1.29. The molecular formula is C16H27N3O. The number of nitrogens with zero attached hydrogens (tertiary/aromatic N) is 1. The van der Waals surface area contributed by atoms with E-state index in [1.54, 1.807) is 6.20 Å². The second-order valence-electron chi connectivity index (χ2n) is 6.12. The fourth-order valence-corrected chi connectivity index (χ4v) is 3.75. The average molecular weight is 277 g/mol. The van der Waals surface area contributed by atoms with Crippen LogP contribution >= 0.6 is 0 Å². The number of hydrogen-bond donors (Lipinski definition) is 2. The largest absolute Gasteiger partial charge is 0.383 e. The molecular weight excluding hydrogens is 250 g/mol. The zero-order chi connectivity index (χ0) is 14.8. The van der Waals surface area contributed by atoms with Crippen molar-refractivity contribution in [3.8, 4) is 0 Å². The topological polar surface area (TPSA) is 60.2 Å². The van der Waals surface area contributed by atoms with E-state index in [1.165, 1.54) is 18.4 Å². The van der Waals surface area contributed by atoms with E-state index in [0.29, 0.717) is 11.7 Å². The van der Waals surface area contributed by atoms with E-state index >= 15 is 0 Å². The van der Waals surface area contributed by atoms with E-state index in [4.69, 9.17) is 10.5 Å². The van der Waals surface area contributed by atoms with Crippen LogP contribution in [-0.2, 0) is 4.74 Å². The van der Waals surface area contributed by atoms with Crippen LogP contribution in [0.1, 0.15) is 49.8 Å². The number of rotatable bonds is 4. The molecule has 2 rings (SSSR count). The second-order valence-corrected chi connectivity index (χ2v) is 6.12. The van der Waals surface area contributed by atoms with Crippen molar-refractivity contribution < 1.29 is 4.74 Å². The van der Waals surface area contributed by atoms with Crippen molar-refractivity contribution in [3.05, 3.63) is 23.4 Å². The Labute approximate surface area is 122 Å². The highest BCUT2D eigenvalue weighted by atomic mass is 16.5. The molecule has 0 aromatic carbocycles. The monoisotopic (exact) mass is 277 g/mol. The van der Waals surface area contributed by atoms with E-state index in [1.807, 2.05) is 20.2 Å². The van der Waals surface area contributed by atoms with Crippen LogP contribution in [0, 0.1) is 12.8 Å². The molecule has 112 valence electrons. The quantitative estimate of drug-likeness (QED) is 0.888. The van der Waals surface area contributed by atoms with Crippen molar-refractivity contribution in [1.29, 1.82) is 0 Å².